The lowest BCUT2D eigenvalue weighted by molar-refractivity contribution is -0.130. The molecule has 18 heavy (non-hydrogen) atoms. The number of nitrogens with one attached hydrogen (secondary N) is 2. The molecule has 0 aliphatic carbocycles. The van der Waals surface area contributed by atoms with Crippen LogP contribution in [-0.2, 0) is 4.79 Å². The molecule has 2 fully saturated rings. The summed E-state index contributed by atoms with van der Waals surface area (Å²) in [7, 11) is 0. The lowest BCUT2D eigenvalue weighted by atomic mass is 9.62. The molecule has 102 valence electrons. The fourth-order valence-electron chi connectivity index (χ4n) is 2.96. The number of carbonyl (C=O) groups is 1. The Balaban J connectivity index is 1.84. The summed E-state index contributed by atoms with van der Waals surface area (Å²) in [6, 6.07) is 0. The van der Waals surface area contributed by atoms with E-state index in [0.29, 0.717) is 6.54 Å². The minimum Gasteiger partial charge on any atom is -0.449 e. The first-order valence-electron chi connectivity index (χ1n) is 6.95. The maximum atomic E-state index is 12.2. The van der Waals surface area contributed by atoms with Crippen molar-refractivity contribution < 1.29 is 9.82 Å². The van der Waals surface area contributed by atoms with Gasteiger partial charge in [0.05, 0.1) is 6.54 Å². The second-order valence-electron chi connectivity index (χ2n) is 5.88. The first kappa shape index (κ1) is 13.8. The van der Waals surface area contributed by atoms with Crippen molar-refractivity contribution in [3.8, 4) is 0 Å². The second-order valence-corrected chi connectivity index (χ2v) is 5.88. The summed E-state index contributed by atoms with van der Waals surface area (Å²) in [5.74, 6) is 0.125. The molecule has 5 nitrogen and oxygen atoms in total. The molecule has 2 aliphatic rings. The van der Waals surface area contributed by atoms with Gasteiger partial charge in [-0.05, 0) is 32.7 Å². The van der Waals surface area contributed by atoms with Crippen molar-refractivity contribution in [2.45, 2.75) is 44.5 Å². The molecule has 0 saturated carbocycles. The Labute approximate surface area is 109 Å². The average molecular weight is 253 g/mol. The molecule has 0 aromatic carbocycles. The zero-order valence-corrected chi connectivity index (χ0v) is 11.4. The van der Waals surface area contributed by atoms with Gasteiger partial charge in [0.2, 0.25) is 5.91 Å². The molecular weight excluding hydrogens is 229 g/mol. The number of hydrogen-bond acceptors (Lipinski definition) is 4. The molecule has 2 aliphatic heterocycles. The Morgan fingerprint density at radius 2 is 2.44 bits per heavy atom. The van der Waals surface area contributed by atoms with E-state index in [9.17, 15) is 9.82 Å². The van der Waals surface area contributed by atoms with Crippen LogP contribution in [0.15, 0.2) is 0 Å². The lowest BCUT2D eigenvalue weighted by Gasteiger charge is -2.29. The second kappa shape index (κ2) is 5.59. The largest absolute Gasteiger partial charge is 0.449 e. The Kier molecular flexibility index (Phi) is 4.30. The first-order chi connectivity index (χ1) is 8.52. The van der Waals surface area contributed by atoms with E-state index in [2.05, 4.69) is 17.6 Å². The smallest absolute Gasteiger partial charge is 0.309 e. The molecule has 0 aromatic rings. The van der Waals surface area contributed by atoms with Crippen LogP contribution in [-0.4, -0.2) is 60.4 Å². The summed E-state index contributed by atoms with van der Waals surface area (Å²) in [6.07, 6.45) is 2.97. The molecule has 2 rings (SSSR count). The Morgan fingerprint density at radius 1 is 1.67 bits per heavy atom. The minimum atomic E-state index is -0.430. The van der Waals surface area contributed by atoms with Gasteiger partial charge in [-0.1, -0.05) is 6.82 Å². The van der Waals surface area contributed by atoms with Crippen LogP contribution in [0.2, 0.25) is 6.82 Å². The molecule has 0 radical (unpaired) electrons. The van der Waals surface area contributed by atoms with Crippen molar-refractivity contribution in [2.24, 2.45) is 0 Å². The van der Waals surface area contributed by atoms with Gasteiger partial charge in [0.25, 0.3) is 0 Å². The van der Waals surface area contributed by atoms with Gasteiger partial charge in [-0.2, -0.15) is 0 Å². The molecule has 1 amide bonds. The Morgan fingerprint density at radius 3 is 3.06 bits per heavy atom. The van der Waals surface area contributed by atoms with Crippen LogP contribution in [0.3, 0.4) is 0 Å². The van der Waals surface area contributed by atoms with E-state index in [4.69, 9.17) is 0 Å². The van der Waals surface area contributed by atoms with E-state index < -0.39 is 6.92 Å². The molecule has 3 N–H and O–H groups in total. The van der Waals surface area contributed by atoms with Crippen LogP contribution < -0.4 is 10.6 Å². The van der Waals surface area contributed by atoms with Crippen LogP contribution in [0, 0.1) is 0 Å². The van der Waals surface area contributed by atoms with Gasteiger partial charge in [-0.3, -0.25) is 4.79 Å². The molecule has 0 aromatic heterocycles. The van der Waals surface area contributed by atoms with Crippen molar-refractivity contribution in [3.05, 3.63) is 0 Å². The topological polar surface area (TPSA) is 64.6 Å². The van der Waals surface area contributed by atoms with Gasteiger partial charge in [-0.25, -0.2) is 0 Å². The monoisotopic (exact) mass is 253 g/mol. The van der Waals surface area contributed by atoms with Gasteiger partial charge in [0.1, 0.15) is 0 Å². The molecule has 0 bridgehead atoms. The van der Waals surface area contributed by atoms with Crippen LogP contribution in [0.4, 0.5) is 0 Å². The number of amides is 1. The van der Waals surface area contributed by atoms with Crippen LogP contribution in [0.1, 0.15) is 26.2 Å². The number of nitrogens with zero attached hydrogens (tertiary/aromatic N) is 1. The number of hydrogen-bond donors (Lipinski definition) is 3. The predicted molar refractivity (Wildman–Crippen MR) is 72.5 cm³/mol. The van der Waals surface area contributed by atoms with Crippen LogP contribution >= 0.6 is 0 Å². The summed E-state index contributed by atoms with van der Waals surface area (Å²) >= 11 is 0. The van der Waals surface area contributed by atoms with Gasteiger partial charge in [0, 0.05) is 24.6 Å². The van der Waals surface area contributed by atoms with Crippen LogP contribution in [0.25, 0.3) is 0 Å². The van der Waals surface area contributed by atoms with Crippen molar-refractivity contribution in [1.82, 2.24) is 15.5 Å². The quantitative estimate of drug-likeness (QED) is 0.589. The van der Waals surface area contributed by atoms with Gasteiger partial charge >= 0.3 is 6.92 Å². The predicted octanol–water partition coefficient (Wildman–Crippen LogP) is -0.528. The van der Waals surface area contributed by atoms with E-state index >= 15 is 0 Å². The lowest BCUT2D eigenvalue weighted by Crippen LogP contribution is -2.52. The van der Waals surface area contributed by atoms with Crippen molar-refractivity contribution in [3.63, 3.8) is 0 Å². The van der Waals surface area contributed by atoms with Crippen molar-refractivity contribution >= 4 is 12.8 Å². The summed E-state index contributed by atoms with van der Waals surface area (Å²) in [5, 5.41) is 16.3. The van der Waals surface area contributed by atoms with Crippen molar-refractivity contribution in [1.29, 1.82) is 0 Å². The highest BCUT2D eigenvalue weighted by Crippen LogP contribution is 2.19. The Hall–Kier alpha value is -0.585. The SMILES string of the molecule is CB(O)[C@@H]1CCCN1C(=O)CN[C@@]1(C)CCNC1. The maximum Gasteiger partial charge on any atom is 0.309 e. The molecule has 6 heteroatoms. The number of rotatable bonds is 4. The summed E-state index contributed by atoms with van der Waals surface area (Å²) < 4.78 is 0. The van der Waals surface area contributed by atoms with E-state index in [1.54, 1.807) is 6.82 Å². The fourth-order valence-corrected chi connectivity index (χ4v) is 2.96. The van der Waals surface area contributed by atoms with Crippen molar-refractivity contribution in [2.75, 3.05) is 26.2 Å². The normalized spacial score (nSPS) is 31.9. The average Bonchev–Trinajstić information content (AvgIpc) is 2.95. The molecule has 0 unspecified atom stereocenters. The number of likely N-dealkylation sites (tertiary alicyclic amines) is 1. The molecular formula is C12H24BN3O2. The van der Waals surface area contributed by atoms with E-state index in [-0.39, 0.29) is 17.4 Å². The summed E-state index contributed by atoms with van der Waals surface area (Å²) in [5.41, 5.74) is 0.0374. The summed E-state index contributed by atoms with van der Waals surface area (Å²) in [6.45, 7) is 6.58. The highest BCUT2D eigenvalue weighted by Gasteiger charge is 2.35. The minimum absolute atomic E-state index is 0.00816. The van der Waals surface area contributed by atoms with E-state index in [1.807, 2.05) is 4.90 Å². The van der Waals surface area contributed by atoms with Crippen LogP contribution in [0.5, 0.6) is 0 Å². The zero-order chi connectivity index (χ0) is 13.2. The van der Waals surface area contributed by atoms with E-state index in [0.717, 1.165) is 38.9 Å². The molecule has 2 saturated heterocycles. The molecule has 2 atom stereocenters. The Bertz CT molecular complexity index is 306. The molecule has 2 heterocycles. The van der Waals surface area contributed by atoms with Gasteiger partial charge in [0.15, 0.2) is 0 Å². The summed E-state index contributed by atoms with van der Waals surface area (Å²) in [4.78, 5) is 14.0. The zero-order valence-electron chi connectivity index (χ0n) is 11.4. The van der Waals surface area contributed by atoms with Gasteiger partial charge < -0.3 is 20.6 Å². The third-order valence-corrected chi connectivity index (χ3v) is 4.21. The van der Waals surface area contributed by atoms with E-state index in [1.165, 1.54) is 0 Å². The highest BCUT2D eigenvalue weighted by atomic mass is 16.2. The first-order valence-corrected chi connectivity index (χ1v) is 6.95. The third-order valence-electron chi connectivity index (χ3n) is 4.21. The standard InChI is InChI=1S/C12H24BN3O2/c1-12(5-6-14-9-12)15-8-11(17)16-7-3-4-10(16)13(2)18/h10,14-15,18H,3-9H2,1-2H3/t10-,12-/m0/s1. The third kappa shape index (κ3) is 3.05. The fraction of sp³-hybridized carbons (Fsp3) is 0.917. The number of carbonyl (C=O) groups excluding carboxylic acids is 1. The molecule has 0 spiro atoms. The van der Waals surface area contributed by atoms with Gasteiger partial charge in [-0.15, -0.1) is 0 Å². The maximum absolute atomic E-state index is 12.2. The highest BCUT2D eigenvalue weighted by molar-refractivity contribution is 6.51.